The van der Waals surface area contributed by atoms with E-state index in [4.69, 9.17) is 10.2 Å². The molecule has 0 radical (unpaired) electrons. The van der Waals surface area contributed by atoms with Crippen LogP contribution in [0.1, 0.15) is 32.6 Å². The van der Waals surface area contributed by atoms with E-state index in [2.05, 4.69) is 12.2 Å². The van der Waals surface area contributed by atoms with Crippen LogP contribution in [0.15, 0.2) is 0 Å². The summed E-state index contributed by atoms with van der Waals surface area (Å²) in [5.41, 5.74) is -1.23. The number of urea groups is 1. The van der Waals surface area contributed by atoms with Crippen molar-refractivity contribution in [3.8, 4) is 0 Å². The van der Waals surface area contributed by atoms with E-state index in [1.807, 2.05) is 0 Å². The maximum atomic E-state index is 12.1. The average molecular weight is 288 g/mol. The largest absolute Gasteiger partial charge is 0.480 e. The Labute approximate surface area is 118 Å². The van der Waals surface area contributed by atoms with Gasteiger partial charge in [0.15, 0.2) is 0 Å². The first-order chi connectivity index (χ1) is 9.45. The maximum Gasteiger partial charge on any atom is 0.329 e. The topological polar surface area (TPSA) is 110 Å². The highest BCUT2D eigenvalue weighted by Gasteiger charge is 2.43. The van der Waals surface area contributed by atoms with Crippen LogP contribution in [0.3, 0.4) is 0 Å². The Morgan fingerprint density at radius 3 is 2.10 bits per heavy atom. The molecular formula is C13H24N2O5. The lowest BCUT2D eigenvalue weighted by atomic mass is 9.77. The summed E-state index contributed by atoms with van der Waals surface area (Å²) in [7, 11) is 0. The fourth-order valence-electron chi connectivity index (χ4n) is 2.49. The molecule has 7 heteroatoms. The minimum Gasteiger partial charge on any atom is -0.480 e. The Hall–Kier alpha value is -1.34. The van der Waals surface area contributed by atoms with Crippen LogP contribution < -0.4 is 5.32 Å². The zero-order valence-electron chi connectivity index (χ0n) is 11.8. The summed E-state index contributed by atoms with van der Waals surface area (Å²) >= 11 is 0. The number of nitrogens with zero attached hydrogens (tertiary/aromatic N) is 1. The molecule has 20 heavy (non-hydrogen) atoms. The lowest BCUT2D eigenvalue weighted by Gasteiger charge is -2.37. The van der Waals surface area contributed by atoms with E-state index in [0.29, 0.717) is 18.8 Å². The first-order valence-electron chi connectivity index (χ1n) is 6.97. The number of aliphatic hydroxyl groups excluding tert-OH is 2. The molecule has 0 bridgehead atoms. The molecule has 1 rings (SSSR count). The molecule has 1 aliphatic carbocycles. The minimum atomic E-state index is -1.23. The van der Waals surface area contributed by atoms with Crippen molar-refractivity contribution in [3.05, 3.63) is 0 Å². The highest BCUT2D eigenvalue weighted by Crippen LogP contribution is 2.32. The predicted molar refractivity (Wildman–Crippen MR) is 72.3 cm³/mol. The number of nitrogens with one attached hydrogen (secondary N) is 1. The number of amides is 2. The summed E-state index contributed by atoms with van der Waals surface area (Å²) in [5, 5.41) is 29.8. The second-order valence-corrected chi connectivity index (χ2v) is 5.43. The predicted octanol–water partition coefficient (Wildman–Crippen LogP) is 0.0161. The Morgan fingerprint density at radius 1 is 1.20 bits per heavy atom. The number of carbonyl (C=O) groups is 2. The van der Waals surface area contributed by atoms with Crippen LogP contribution in [-0.2, 0) is 4.79 Å². The molecule has 1 aliphatic rings. The third-order valence-corrected chi connectivity index (χ3v) is 3.91. The van der Waals surface area contributed by atoms with E-state index in [1.54, 1.807) is 0 Å². The fourth-order valence-corrected chi connectivity index (χ4v) is 2.49. The van der Waals surface area contributed by atoms with Gasteiger partial charge in [-0.25, -0.2) is 9.59 Å². The Balaban J connectivity index is 2.74. The highest BCUT2D eigenvalue weighted by atomic mass is 16.4. The molecule has 0 spiro atoms. The summed E-state index contributed by atoms with van der Waals surface area (Å²) in [5.74, 6) is -0.559. The standard InChI is InChI=1S/C13H24N2O5/c1-10-2-4-13(5-3-10,11(18)19)14-12(20)15(6-8-16)7-9-17/h10,16-17H,2-9H2,1H3,(H,14,20)(H,18,19). The zero-order chi connectivity index (χ0) is 15.2. The molecule has 1 saturated carbocycles. The van der Waals surface area contributed by atoms with Crippen LogP contribution in [0.25, 0.3) is 0 Å². The van der Waals surface area contributed by atoms with Crippen molar-refractivity contribution < 1.29 is 24.9 Å². The van der Waals surface area contributed by atoms with Crippen molar-refractivity contribution in [1.29, 1.82) is 0 Å². The van der Waals surface area contributed by atoms with Crippen LogP contribution in [-0.4, -0.2) is 64.1 Å². The van der Waals surface area contributed by atoms with Gasteiger partial charge in [0.25, 0.3) is 0 Å². The Bertz CT molecular complexity index is 334. The molecule has 0 aromatic heterocycles. The van der Waals surface area contributed by atoms with Gasteiger partial charge in [-0.05, 0) is 31.6 Å². The summed E-state index contributed by atoms with van der Waals surface area (Å²) in [6.45, 7) is 1.74. The monoisotopic (exact) mass is 288 g/mol. The molecule has 0 heterocycles. The van der Waals surface area contributed by atoms with Crippen molar-refractivity contribution in [1.82, 2.24) is 10.2 Å². The minimum absolute atomic E-state index is 0.0680. The molecule has 4 N–H and O–H groups in total. The molecule has 2 amide bonds. The van der Waals surface area contributed by atoms with Gasteiger partial charge in [-0.1, -0.05) is 6.92 Å². The number of hydrogen-bond donors (Lipinski definition) is 4. The molecule has 0 saturated heterocycles. The van der Waals surface area contributed by atoms with Crippen molar-refractivity contribution in [2.45, 2.75) is 38.1 Å². The highest BCUT2D eigenvalue weighted by molar-refractivity contribution is 5.86. The number of hydrogen-bond acceptors (Lipinski definition) is 4. The normalized spacial score (nSPS) is 26.1. The molecule has 0 aliphatic heterocycles. The summed E-state index contributed by atoms with van der Waals surface area (Å²) in [6, 6.07) is -0.551. The number of aliphatic carboxylic acids is 1. The van der Waals surface area contributed by atoms with Gasteiger partial charge >= 0.3 is 12.0 Å². The summed E-state index contributed by atoms with van der Waals surface area (Å²) < 4.78 is 0. The first kappa shape index (κ1) is 16.7. The number of rotatable bonds is 6. The quantitative estimate of drug-likeness (QED) is 0.550. The molecule has 7 nitrogen and oxygen atoms in total. The Morgan fingerprint density at radius 2 is 1.70 bits per heavy atom. The number of carboxylic acid groups (broad SMARTS) is 1. The first-order valence-corrected chi connectivity index (χ1v) is 6.97. The van der Waals surface area contributed by atoms with Crippen molar-refractivity contribution in [2.75, 3.05) is 26.3 Å². The smallest absolute Gasteiger partial charge is 0.329 e. The van der Waals surface area contributed by atoms with Crippen LogP contribution in [0.5, 0.6) is 0 Å². The van der Waals surface area contributed by atoms with Crippen LogP contribution >= 0.6 is 0 Å². The van der Waals surface area contributed by atoms with Crippen molar-refractivity contribution in [3.63, 3.8) is 0 Å². The van der Waals surface area contributed by atoms with E-state index < -0.39 is 17.5 Å². The van der Waals surface area contributed by atoms with E-state index in [-0.39, 0.29) is 26.3 Å². The van der Waals surface area contributed by atoms with Crippen LogP contribution in [0.4, 0.5) is 4.79 Å². The van der Waals surface area contributed by atoms with Crippen molar-refractivity contribution >= 4 is 12.0 Å². The average Bonchev–Trinajstić information content (AvgIpc) is 2.41. The summed E-state index contributed by atoms with van der Waals surface area (Å²) in [6.07, 6.45) is 2.32. The molecule has 1 fully saturated rings. The van der Waals surface area contributed by atoms with E-state index >= 15 is 0 Å². The molecule has 0 unspecified atom stereocenters. The maximum absolute atomic E-state index is 12.1. The second kappa shape index (κ2) is 7.44. The van der Waals surface area contributed by atoms with Crippen LogP contribution in [0.2, 0.25) is 0 Å². The summed E-state index contributed by atoms with van der Waals surface area (Å²) in [4.78, 5) is 24.9. The van der Waals surface area contributed by atoms with Gasteiger partial charge in [0.2, 0.25) is 0 Å². The van der Waals surface area contributed by atoms with E-state index in [9.17, 15) is 14.7 Å². The van der Waals surface area contributed by atoms with E-state index in [0.717, 1.165) is 12.8 Å². The fraction of sp³-hybridized carbons (Fsp3) is 0.846. The lowest BCUT2D eigenvalue weighted by Crippen LogP contribution is -2.59. The third kappa shape index (κ3) is 4.08. The SMILES string of the molecule is CC1CCC(NC(=O)N(CCO)CCO)(C(=O)O)CC1. The van der Waals surface area contributed by atoms with E-state index in [1.165, 1.54) is 4.90 Å². The molecule has 0 aromatic rings. The van der Waals surface area contributed by atoms with Gasteiger partial charge in [-0.3, -0.25) is 0 Å². The van der Waals surface area contributed by atoms with Gasteiger partial charge in [0.1, 0.15) is 5.54 Å². The molecule has 0 aromatic carbocycles. The van der Waals surface area contributed by atoms with Gasteiger partial charge in [-0.2, -0.15) is 0 Å². The number of aliphatic hydroxyl groups is 2. The third-order valence-electron chi connectivity index (χ3n) is 3.91. The molecule has 116 valence electrons. The zero-order valence-corrected chi connectivity index (χ0v) is 11.8. The number of carbonyl (C=O) groups excluding carboxylic acids is 1. The van der Waals surface area contributed by atoms with Crippen molar-refractivity contribution in [2.24, 2.45) is 5.92 Å². The molecule has 0 atom stereocenters. The number of carboxylic acids is 1. The van der Waals surface area contributed by atoms with Gasteiger partial charge in [-0.15, -0.1) is 0 Å². The Kier molecular flexibility index (Phi) is 6.22. The lowest BCUT2D eigenvalue weighted by molar-refractivity contribution is -0.146. The second-order valence-electron chi connectivity index (χ2n) is 5.43. The van der Waals surface area contributed by atoms with Gasteiger partial charge in [0, 0.05) is 13.1 Å². The van der Waals surface area contributed by atoms with Crippen LogP contribution in [0, 0.1) is 5.92 Å². The van der Waals surface area contributed by atoms with Gasteiger partial charge in [0.05, 0.1) is 13.2 Å². The van der Waals surface area contributed by atoms with Gasteiger partial charge < -0.3 is 25.5 Å². The molecular weight excluding hydrogens is 264 g/mol.